The van der Waals surface area contributed by atoms with Crippen molar-refractivity contribution >= 4 is 10.8 Å². The van der Waals surface area contributed by atoms with E-state index in [1.54, 1.807) is 0 Å². The van der Waals surface area contributed by atoms with E-state index in [2.05, 4.69) is 50.8 Å². The van der Waals surface area contributed by atoms with E-state index in [9.17, 15) is 5.11 Å². The average Bonchev–Trinajstić information content (AvgIpc) is 2.42. The highest BCUT2D eigenvalue weighted by molar-refractivity contribution is 5.91. The van der Waals surface area contributed by atoms with Gasteiger partial charge in [-0.1, -0.05) is 24.3 Å². The Hall–Kier alpha value is -1.54. The molecular formula is C19H25NO. The predicted octanol–water partition coefficient (Wildman–Crippen LogP) is 4.13. The molecule has 1 unspecified atom stereocenters. The molecule has 3 rings (SSSR count). The Morgan fingerprint density at radius 3 is 2.38 bits per heavy atom. The van der Waals surface area contributed by atoms with Crippen LogP contribution in [0.4, 0.5) is 0 Å². The summed E-state index contributed by atoms with van der Waals surface area (Å²) in [6.45, 7) is 9.06. The lowest BCUT2D eigenvalue weighted by atomic mass is 9.83. The molecule has 1 N–H and O–H groups in total. The second-order valence-electron chi connectivity index (χ2n) is 6.78. The Labute approximate surface area is 127 Å². The van der Waals surface area contributed by atoms with Crippen LogP contribution in [-0.2, 0) is 12.8 Å². The number of aromatic hydroxyl groups is 1. The second kappa shape index (κ2) is 5.34. The summed E-state index contributed by atoms with van der Waals surface area (Å²) in [6, 6.07) is 11.9. The summed E-state index contributed by atoms with van der Waals surface area (Å²) < 4.78 is 0. The molecule has 0 saturated heterocycles. The molecule has 0 fully saturated rings. The largest absolute Gasteiger partial charge is 0.508 e. The molecular weight excluding hydrogens is 258 g/mol. The van der Waals surface area contributed by atoms with E-state index in [1.807, 2.05) is 12.1 Å². The zero-order chi connectivity index (χ0) is 15.1. The Morgan fingerprint density at radius 2 is 1.71 bits per heavy atom. The van der Waals surface area contributed by atoms with Crippen LogP contribution in [0.25, 0.3) is 10.8 Å². The van der Waals surface area contributed by atoms with Gasteiger partial charge in [0.1, 0.15) is 5.75 Å². The number of phenolic OH excluding ortho intramolecular Hbond substituents is 1. The molecule has 1 atom stereocenters. The van der Waals surface area contributed by atoms with Crippen molar-refractivity contribution in [1.82, 2.24) is 4.90 Å². The number of benzene rings is 2. The van der Waals surface area contributed by atoms with Gasteiger partial charge >= 0.3 is 0 Å². The lowest BCUT2D eigenvalue weighted by molar-refractivity contribution is 0.110. The molecule has 2 aromatic carbocycles. The first-order valence-electron chi connectivity index (χ1n) is 7.99. The standard InChI is InChI=1S/C19H25NO/c1-12(2)20(13(3)4)16-10-15-7-5-6-14-8-9-18(21)17(11-16)19(14)15/h5-9,12-13,16,21H,10-11H2,1-4H3. The highest BCUT2D eigenvalue weighted by atomic mass is 16.3. The Bertz CT molecular complexity index is 652. The fraction of sp³-hybridized carbons (Fsp3) is 0.474. The van der Waals surface area contributed by atoms with Gasteiger partial charge in [0.25, 0.3) is 0 Å². The van der Waals surface area contributed by atoms with Gasteiger partial charge < -0.3 is 5.11 Å². The SMILES string of the molecule is CC(C)N(C(C)C)C1Cc2cccc3ccc(O)c(c23)C1. The molecule has 0 aromatic heterocycles. The molecule has 0 bridgehead atoms. The summed E-state index contributed by atoms with van der Waals surface area (Å²) in [5.41, 5.74) is 2.51. The third-order valence-corrected chi connectivity index (χ3v) is 4.72. The summed E-state index contributed by atoms with van der Waals surface area (Å²) in [7, 11) is 0. The second-order valence-corrected chi connectivity index (χ2v) is 6.78. The summed E-state index contributed by atoms with van der Waals surface area (Å²) in [5.74, 6) is 0.451. The molecule has 0 aliphatic heterocycles. The van der Waals surface area contributed by atoms with Crippen LogP contribution in [0, 0.1) is 0 Å². The molecule has 0 heterocycles. The molecule has 0 saturated carbocycles. The first-order chi connectivity index (χ1) is 9.99. The van der Waals surface area contributed by atoms with Crippen LogP contribution >= 0.6 is 0 Å². The molecule has 2 heteroatoms. The zero-order valence-corrected chi connectivity index (χ0v) is 13.4. The number of hydrogen-bond donors (Lipinski definition) is 1. The molecule has 21 heavy (non-hydrogen) atoms. The van der Waals surface area contributed by atoms with Gasteiger partial charge in [-0.15, -0.1) is 0 Å². The van der Waals surface area contributed by atoms with Crippen LogP contribution in [0.2, 0.25) is 0 Å². The molecule has 2 aromatic rings. The minimum absolute atomic E-state index is 0.451. The monoisotopic (exact) mass is 283 g/mol. The van der Waals surface area contributed by atoms with Crippen molar-refractivity contribution in [3.05, 3.63) is 41.5 Å². The maximum Gasteiger partial charge on any atom is 0.119 e. The van der Waals surface area contributed by atoms with Crippen molar-refractivity contribution in [3.8, 4) is 5.75 Å². The minimum atomic E-state index is 0.451. The molecule has 2 nitrogen and oxygen atoms in total. The van der Waals surface area contributed by atoms with Crippen molar-refractivity contribution < 1.29 is 5.11 Å². The van der Waals surface area contributed by atoms with Gasteiger partial charge in [-0.3, -0.25) is 4.90 Å². The first-order valence-corrected chi connectivity index (χ1v) is 7.99. The van der Waals surface area contributed by atoms with Gasteiger partial charge in [-0.05, 0) is 62.9 Å². The van der Waals surface area contributed by atoms with Crippen molar-refractivity contribution in [2.45, 2.75) is 58.7 Å². The topological polar surface area (TPSA) is 23.5 Å². The van der Waals surface area contributed by atoms with Crippen molar-refractivity contribution in [2.24, 2.45) is 0 Å². The lowest BCUT2D eigenvalue weighted by Gasteiger charge is -2.40. The van der Waals surface area contributed by atoms with Gasteiger partial charge in [-0.25, -0.2) is 0 Å². The highest BCUT2D eigenvalue weighted by Gasteiger charge is 2.30. The molecule has 0 amide bonds. The third kappa shape index (κ3) is 2.42. The summed E-state index contributed by atoms with van der Waals surface area (Å²) in [5, 5.41) is 12.9. The Balaban J connectivity index is 2.08. The Morgan fingerprint density at radius 1 is 1.00 bits per heavy atom. The van der Waals surface area contributed by atoms with E-state index < -0.39 is 0 Å². The van der Waals surface area contributed by atoms with Crippen molar-refractivity contribution in [2.75, 3.05) is 0 Å². The maximum atomic E-state index is 10.3. The predicted molar refractivity (Wildman–Crippen MR) is 88.9 cm³/mol. The van der Waals surface area contributed by atoms with Crippen molar-refractivity contribution in [3.63, 3.8) is 0 Å². The fourth-order valence-electron chi connectivity index (χ4n) is 4.11. The summed E-state index contributed by atoms with van der Waals surface area (Å²) >= 11 is 0. The zero-order valence-electron chi connectivity index (χ0n) is 13.4. The van der Waals surface area contributed by atoms with Gasteiger partial charge in [0, 0.05) is 23.7 Å². The van der Waals surface area contributed by atoms with Crippen LogP contribution in [0.1, 0.15) is 38.8 Å². The number of rotatable bonds is 3. The average molecular weight is 283 g/mol. The highest BCUT2D eigenvalue weighted by Crippen LogP contribution is 2.37. The minimum Gasteiger partial charge on any atom is -0.508 e. The van der Waals surface area contributed by atoms with Crippen molar-refractivity contribution in [1.29, 1.82) is 0 Å². The smallest absolute Gasteiger partial charge is 0.119 e. The van der Waals surface area contributed by atoms with Gasteiger partial charge in [0.15, 0.2) is 0 Å². The van der Waals surface area contributed by atoms with E-state index >= 15 is 0 Å². The van der Waals surface area contributed by atoms with Crippen LogP contribution in [0.15, 0.2) is 30.3 Å². The lowest BCUT2D eigenvalue weighted by Crippen LogP contribution is -2.48. The van der Waals surface area contributed by atoms with Gasteiger partial charge in [0.05, 0.1) is 0 Å². The Kier molecular flexibility index (Phi) is 3.66. The molecule has 0 spiro atoms. The van der Waals surface area contributed by atoms with E-state index in [4.69, 9.17) is 0 Å². The van der Waals surface area contributed by atoms with E-state index in [1.165, 1.54) is 16.3 Å². The van der Waals surface area contributed by atoms with Crippen LogP contribution < -0.4 is 0 Å². The molecule has 1 aliphatic rings. The molecule has 112 valence electrons. The number of hydrogen-bond acceptors (Lipinski definition) is 2. The maximum absolute atomic E-state index is 10.3. The van der Waals surface area contributed by atoms with Crippen LogP contribution in [-0.4, -0.2) is 28.1 Å². The third-order valence-electron chi connectivity index (χ3n) is 4.72. The van der Waals surface area contributed by atoms with Gasteiger partial charge in [-0.2, -0.15) is 0 Å². The summed E-state index contributed by atoms with van der Waals surface area (Å²) in [4.78, 5) is 2.58. The normalized spacial score (nSPS) is 18.1. The quantitative estimate of drug-likeness (QED) is 0.915. The first kappa shape index (κ1) is 14.4. The van der Waals surface area contributed by atoms with Crippen LogP contribution in [0.3, 0.4) is 0 Å². The fourth-order valence-corrected chi connectivity index (χ4v) is 4.11. The molecule has 0 radical (unpaired) electrons. The van der Waals surface area contributed by atoms with E-state index in [-0.39, 0.29) is 0 Å². The number of phenols is 1. The van der Waals surface area contributed by atoms with Crippen LogP contribution in [0.5, 0.6) is 5.75 Å². The summed E-state index contributed by atoms with van der Waals surface area (Å²) in [6.07, 6.45) is 2.01. The number of nitrogens with zero attached hydrogens (tertiary/aromatic N) is 1. The molecule has 1 aliphatic carbocycles. The van der Waals surface area contributed by atoms with E-state index in [0.29, 0.717) is 23.9 Å². The van der Waals surface area contributed by atoms with Gasteiger partial charge in [0.2, 0.25) is 0 Å². The van der Waals surface area contributed by atoms with E-state index in [0.717, 1.165) is 18.4 Å².